The lowest BCUT2D eigenvalue weighted by Gasteiger charge is -2.34. The van der Waals surface area contributed by atoms with Crippen LogP contribution in [0.4, 0.5) is 0 Å². The maximum absolute atomic E-state index is 13.0. The Morgan fingerprint density at radius 3 is 2.53 bits per heavy atom. The van der Waals surface area contributed by atoms with Crippen LogP contribution in [0.2, 0.25) is 0 Å². The Hall–Kier alpha value is -4.10. The summed E-state index contributed by atoms with van der Waals surface area (Å²) in [7, 11) is 0. The minimum atomic E-state index is 0.0560. The maximum Gasteiger partial charge on any atom is 0.253 e. The van der Waals surface area contributed by atoms with E-state index in [4.69, 9.17) is 14.2 Å². The van der Waals surface area contributed by atoms with Crippen LogP contribution in [0.1, 0.15) is 21.6 Å². The second-order valence-corrected chi connectivity index (χ2v) is 9.06. The van der Waals surface area contributed by atoms with E-state index in [1.54, 1.807) is 0 Å². The molecule has 182 valence electrons. The first-order valence-electron chi connectivity index (χ1n) is 12.2. The number of ether oxygens (including phenoxy) is 3. The molecule has 2 aliphatic rings. The number of nitrogens with zero attached hydrogens (tertiary/aromatic N) is 3. The second kappa shape index (κ2) is 9.87. The number of benzene rings is 3. The molecule has 3 aromatic carbocycles. The first-order chi connectivity index (χ1) is 17.7. The molecule has 1 aromatic heterocycles. The first kappa shape index (κ1) is 22.4. The number of aromatic nitrogens is 1. The van der Waals surface area contributed by atoms with Crippen LogP contribution < -0.4 is 14.2 Å². The number of hydrogen-bond donors (Lipinski definition) is 0. The number of rotatable bonds is 6. The summed E-state index contributed by atoms with van der Waals surface area (Å²) in [6.07, 6.45) is 0. The van der Waals surface area contributed by atoms with Crippen molar-refractivity contribution in [3.8, 4) is 17.2 Å². The Morgan fingerprint density at radius 1 is 0.861 bits per heavy atom. The fraction of sp³-hybridized carbons (Fsp3) is 0.241. The van der Waals surface area contributed by atoms with Gasteiger partial charge in [-0.3, -0.25) is 9.69 Å². The monoisotopic (exact) mass is 481 g/mol. The van der Waals surface area contributed by atoms with Gasteiger partial charge in [0, 0.05) is 43.7 Å². The fourth-order valence-corrected chi connectivity index (χ4v) is 4.63. The molecule has 0 radical (unpaired) electrons. The molecule has 7 nitrogen and oxygen atoms in total. The molecule has 4 aromatic rings. The molecular formula is C29H27N3O4. The van der Waals surface area contributed by atoms with Crippen LogP contribution in [0.3, 0.4) is 0 Å². The smallest absolute Gasteiger partial charge is 0.253 e. The van der Waals surface area contributed by atoms with Crippen molar-refractivity contribution in [3.63, 3.8) is 0 Å². The number of carbonyl (C=O) groups is 1. The Kier molecular flexibility index (Phi) is 6.13. The van der Waals surface area contributed by atoms with Gasteiger partial charge >= 0.3 is 0 Å². The molecule has 7 heteroatoms. The third kappa shape index (κ3) is 4.83. The molecule has 0 N–H and O–H groups in total. The van der Waals surface area contributed by atoms with Crippen LogP contribution in [0, 0.1) is 0 Å². The Bertz CT molecular complexity index is 1380. The van der Waals surface area contributed by atoms with Gasteiger partial charge in [-0.25, -0.2) is 4.98 Å². The summed E-state index contributed by atoms with van der Waals surface area (Å²) in [5.74, 6) is 2.38. The number of para-hydroxylation sites is 1. The zero-order valence-corrected chi connectivity index (χ0v) is 19.9. The van der Waals surface area contributed by atoms with E-state index in [0.717, 1.165) is 53.5 Å². The van der Waals surface area contributed by atoms with Gasteiger partial charge < -0.3 is 19.1 Å². The topological polar surface area (TPSA) is 64.1 Å². The van der Waals surface area contributed by atoms with Crippen LogP contribution >= 0.6 is 0 Å². The van der Waals surface area contributed by atoms with E-state index in [9.17, 15) is 4.79 Å². The molecule has 2 aliphatic heterocycles. The molecule has 0 atom stereocenters. The van der Waals surface area contributed by atoms with Crippen molar-refractivity contribution < 1.29 is 19.0 Å². The largest absolute Gasteiger partial charge is 0.487 e. The molecule has 0 saturated carbocycles. The normalized spacial score (nSPS) is 15.3. The number of fused-ring (bicyclic) bond motifs is 2. The molecule has 0 unspecified atom stereocenters. The molecule has 0 aliphatic carbocycles. The maximum atomic E-state index is 13.0. The van der Waals surface area contributed by atoms with Crippen LogP contribution in [-0.4, -0.2) is 53.7 Å². The van der Waals surface area contributed by atoms with E-state index in [1.807, 2.05) is 71.6 Å². The average Bonchev–Trinajstić information content (AvgIpc) is 3.40. The third-order valence-corrected chi connectivity index (χ3v) is 6.65. The van der Waals surface area contributed by atoms with Gasteiger partial charge in [-0.1, -0.05) is 30.3 Å². The highest BCUT2D eigenvalue weighted by molar-refractivity contribution is 5.94. The molecule has 1 saturated heterocycles. The zero-order valence-electron chi connectivity index (χ0n) is 19.9. The van der Waals surface area contributed by atoms with Gasteiger partial charge in [-0.05, 0) is 54.1 Å². The molecule has 3 heterocycles. The number of carbonyl (C=O) groups excluding carboxylic acids is 1. The second-order valence-electron chi connectivity index (χ2n) is 9.06. The van der Waals surface area contributed by atoms with E-state index in [0.29, 0.717) is 25.3 Å². The molecule has 1 amide bonds. The predicted molar refractivity (Wildman–Crippen MR) is 136 cm³/mol. The lowest BCUT2D eigenvalue weighted by molar-refractivity contribution is 0.0628. The predicted octanol–water partition coefficient (Wildman–Crippen LogP) is 4.50. The van der Waals surface area contributed by atoms with E-state index in [2.05, 4.69) is 22.0 Å². The third-order valence-electron chi connectivity index (χ3n) is 6.65. The Morgan fingerprint density at radius 2 is 1.67 bits per heavy atom. The Balaban J connectivity index is 1.00. The minimum absolute atomic E-state index is 0.0560. The van der Waals surface area contributed by atoms with Gasteiger partial charge in [0.25, 0.3) is 5.91 Å². The van der Waals surface area contributed by atoms with Crippen LogP contribution in [0.5, 0.6) is 17.2 Å². The van der Waals surface area contributed by atoms with Gasteiger partial charge in [-0.15, -0.1) is 0 Å². The molecule has 0 bridgehead atoms. The minimum Gasteiger partial charge on any atom is -0.487 e. The van der Waals surface area contributed by atoms with Gasteiger partial charge in [0.1, 0.15) is 12.4 Å². The van der Waals surface area contributed by atoms with Crippen LogP contribution in [0.15, 0.2) is 78.9 Å². The Labute approximate surface area is 209 Å². The van der Waals surface area contributed by atoms with Gasteiger partial charge in [-0.2, -0.15) is 0 Å². The van der Waals surface area contributed by atoms with E-state index < -0.39 is 0 Å². The van der Waals surface area contributed by atoms with Crippen molar-refractivity contribution in [2.24, 2.45) is 0 Å². The number of pyridine rings is 1. The molecular weight excluding hydrogens is 454 g/mol. The van der Waals surface area contributed by atoms with E-state index >= 15 is 0 Å². The van der Waals surface area contributed by atoms with Crippen molar-refractivity contribution in [2.75, 3.05) is 33.0 Å². The van der Waals surface area contributed by atoms with Crippen molar-refractivity contribution in [1.29, 1.82) is 0 Å². The van der Waals surface area contributed by atoms with Gasteiger partial charge in [0.15, 0.2) is 11.5 Å². The standard InChI is InChI=1S/C29H27N3O4/c33-29(32-15-13-31(14-16-32)18-21-5-12-27-28(17-21)36-20-35-27)23-7-10-25(11-8-23)34-19-24-9-6-22-3-1-2-4-26(22)30-24/h1-12,17H,13-16,18-20H2. The van der Waals surface area contributed by atoms with Gasteiger partial charge in [0.2, 0.25) is 6.79 Å². The van der Waals surface area contributed by atoms with Crippen molar-refractivity contribution in [2.45, 2.75) is 13.2 Å². The van der Waals surface area contributed by atoms with E-state index in [-0.39, 0.29) is 12.7 Å². The summed E-state index contributed by atoms with van der Waals surface area (Å²) < 4.78 is 16.8. The summed E-state index contributed by atoms with van der Waals surface area (Å²) in [6, 6.07) is 25.5. The highest BCUT2D eigenvalue weighted by Gasteiger charge is 2.23. The summed E-state index contributed by atoms with van der Waals surface area (Å²) in [5.41, 5.74) is 3.69. The lowest BCUT2D eigenvalue weighted by atomic mass is 10.1. The quantitative estimate of drug-likeness (QED) is 0.404. The molecule has 6 rings (SSSR count). The number of amides is 1. The lowest BCUT2D eigenvalue weighted by Crippen LogP contribution is -2.48. The van der Waals surface area contributed by atoms with E-state index in [1.165, 1.54) is 5.56 Å². The zero-order chi connectivity index (χ0) is 24.3. The molecule has 1 fully saturated rings. The number of piperazine rings is 1. The van der Waals surface area contributed by atoms with Crippen LogP contribution in [0.25, 0.3) is 10.9 Å². The summed E-state index contributed by atoms with van der Waals surface area (Å²) in [5, 5.41) is 1.11. The first-order valence-corrected chi connectivity index (χ1v) is 12.2. The summed E-state index contributed by atoms with van der Waals surface area (Å²) in [6.45, 7) is 4.57. The number of hydrogen-bond acceptors (Lipinski definition) is 6. The van der Waals surface area contributed by atoms with Crippen molar-refractivity contribution >= 4 is 16.8 Å². The SMILES string of the molecule is O=C(c1ccc(OCc2ccc3ccccc3n2)cc1)N1CCN(Cc2ccc3c(c2)OCO3)CC1. The van der Waals surface area contributed by atoms with Crippen molar-refractivity contribution in [3.05, 3.63) is 95.7 Å². The highest BCUT2D eigenvalue weighted by Crippen LogP contribution is 2.33. The summed E-state index contributed by atoms with van der Waals surface area (Å²) >= 11 is 0. The summed E-state index contributed by atoms with van der Waals surface area (Å²) in [4.78, 5) is 22.0. The molecule has 0 spiro atoms. The van der Waals surface area contributed by atoms with Crippen molar-refractivity contribution in [1.82, 2.24) is 14.8 Å². The fourth-order valence-electron chi connectivity index (χ4n) is 4.63. The average molecular weight is 482 g/mol. The van der Waals surface area contributed by atoms with Crippen LogP contribution in [-0.2, 0) is 13.2 Å². The highest BCUT2D eigenvalue weighted by atomic mass is 16.7. The molecule has 36 heavy (non-hydrogen) atoms. The van der Waals surface area contributed by atoms with Gasteiger partial charge in [0.05, 0.1) is 11.2 Å².